The van der Waals surface area contributed by atoms with Crippen molar-refractivity contribution in [3.63, 3.8) is 0 Å². The first-order valence-electron chi connectivity index (χ1n) is 11.0. The zero-order valence-electron chi connectivity index (χ0n) is 18.4. The molecule has 164 valence electrons. The van der Waals surface area contributed by atoms with Crippen LogP contribution >= 0.6 is 0 Å². The molecule has 0 aliphatic rings. The van der Waals surface area contributed by atoms with Gasteiger partial charge in [-0.3, -0.25) is 4.79 Å². The number of hydrogen-bond donors (Lipinski definition) is 1. The first kappa shape index (κ1) is 21.6. The highest BCUT2D eigenvalue weighted by molar-refractivity contribution is 5.91. The third kappa shape index (κ3) is 4.83. The number of ether oxygens (including phenoxy) is 1. The van der Waals surface area contributed by atoms with Gasteiger partial charge in [0.05, 0.1) is 12.3 Å². The molecular weight excluding hydrogens is 402 g/mol. The van der Waals surface area contributed by atoms with E-state index in [1.807, 2.05) is 55.5 Å². The number of hydrogen-bond acceptors (Lipinski definition) is 4. The number of aromatic nitrogens is 1. The molecule has 0 radical (unpaired) electrons. The lowest BCUT2D eigenvalue weighted by atomic mass is 10.0. The second kappa shape index (κ2) is 9.69. The minimum atomic E-state index is -0.793. The third-order valence-electron chi connectivity index (χ3n) is 5.68. The van der Waals surface area contributed by atoms with Crippen molar-refractivity contribution >= 4 is 16.7 Å². The van der Waals surface area contributed by atoms with E-state index in [0.717, 1.165) is 45.5 Å². The molecule has 5 heteroatoms. The molecule has 32 heavy (non-hydrogen) atoms. The highest BCUT2D eigenvalue weighted by Crippen LogP contribution is 2.29. The summed E-state index contributed by atoms with van der Waals surface area (Å²) in [5, 5.41) is 11.0. The fourth-order valence-corrected chi connectivity index (χ4v) is 3.86. The fourth-order valence-electron chi connectivity index (χ4n) is 3.86. The van der Waals surface area contributed by atoms with Crippen molar-refractivity contribution in [3.8, 4) is 17.2 Å². The van der Waals surface area contributed by atoms with Crippen LogP contribution in [0.4, 0.5) is 0 Å². The van der Waals surface area contributed by atoms with Crippen molar-refractivity contribution in [2.45, 2.75) is 39.5 Å². The molecule has 0 amide bonds. The molecule has 0 atom stereocenters. The number of oxazole rings is 1. The Morgan fingerprint density at radius 1 is 1.00 bits per heavy atom. The average Bonchev–Trinajstić information content (AvgIpc) is 3.18. The summed E-state index contributed by atoms with van der Waals surface area (Å²) >= 11 is 0. The van der Waals surface area contributed by atoms with Crippen LogP contribution in [0, 0.1) is 6.92 Å². The van der Waals surface area contributed by atoms with Gasteiger partial charge in [0.15, 0.2) is 0 Å². The molecule has 1 N–H and O–H groups in total. The summed E-state index contributed by atoms with van der Waals surface area (Å²) in [4.78, 5) is 15.6. The topological polar surface area (TPSA) is 72.6 Å². The monoisotopic (exact) mass is 429 g/mol. The highest BCUT2D eigenvalue weighted by atomic mass is 16.5. The second-order valence-corrected chi connectivity index (χ2v) is 7.83. The summed E-state index contributed by atoms with van der Waals surface area (Å²) in [7, 11) is 0. The molecule has 0 unspecified atom stereocenters. The van der Waals surface area contributed by atoms with E-state index in [1.165, 1.54) is 5.56 Å². The molecule has 4 rings (SSSR count). The fraction of sp³-hybridized carbons (Fsp3) is 0.259. The van der Waals surface area contributed by atoms with E-state index in [9.17, 15) is 4.79 Å². The Hall–Kier alpha value is -3.60. The Balaban J connectivity index is 1.46. The smallest absolute Gasteiger partial charge is 0.303 e. The normalized spacial score (nSPS) is 11.1. The number of nitrogens with zero attached hydrogens (tertiary/aromatic N) is 1. The minimum Gasteiger partial charge on any atom is -0.493 e. The van der Waals surface area contributed by atoms with Crippen LogP contribution in [0.1, 0.15) is 35.9 Å². The van der Waals surface area contributed by atoms with E-state index in [0.29, 0.717) is 25.3 Å². The number of aryl methyl sites for hydroxylation is 3. The Morgan fingerprint density at radius 2 is 1.75 bits per heavy atom. The van der Waals surface area contributed by atoms with Crippen molar-refractivity contribution < 1.29 is 19.1 Å². The van der Waals surface area contributed by atoms with E-state index < -0.39 is 5.97 Å². The largest absolute Gasteiger partial charge is 0.493 e. The maximum Gasteiger partial charge on any atom is 0.303 e. The number of carboxylic acids is 1. The van der Waals surface area contributed by atoms with Crippen LogP contribution in [0.25, 0.3) is 22.2 Å². The predicted octanol–water partition coefficient (Wildman–Crippen LogP) is 6.00. The number of aliphatic carboxylic acids is 1. The van der Waals surface area contributed by atoms with Gasteiger partial charge in [-0.05, 0) is 54.5 Å². The van der Waals surface area contributed by atoms with Crippen LogP contribution in [0.15, 0.2) is 65.1 Å². The number of benzene rings is 3. The van der Waals surface area contributed by atoms with E-state index in [4.69, 9.17) is 14.3 Å². The summed E-state index contributed by atoms with van der Waals surface area (Å²) in [6.45, 7) is 4.54. The minimum absolute atomic E-state index is 0.110. The molecule has 0 saturated heterocycles. The van der Waals surface area contributed by atoms with Crippen molar-refractivity contribution in [2.75, 3.05) is 6.61 Å². The van der Waals surface area contributed by atoms with Crippen LogP contribution in [0.2, 0.25) is 0 Å². The van der Waals surface area contributed by atoms with E-state index >= 15 is 0 Å². The maximum absolute atomic E-state index is 11.0. The molecule has 0 spiro atoms. The van der Waals surface area contributed by atoms with Crippen LogP contribution in [-0.4, -0.2) is 22.7 Å². The average molecular weight is 430 g/mol. The van der Waals surface area contributed by atoms with Gasteiger partial charge in [0.2, 0.25) is 5.89 Å². The molecule has 0 aliphatic carbocycles. The summed E-state index contributed by atoms with van der Waals surface area (Å²) in [6.07, 6.45) is 2.25. The molecular formula is C27H27NO4. The van der Waals surface area contributed by atoms with Gasteiger partial charge in [-0.15, -0.1) is 0 Å². The van der Waals surface area contributed by atoms with Gasteiger partial charge < -0.3 is 14.3 Å². The summed E-state index contributed by atoms with van der Waals surface area (Å²) in [5.74, 6) is 1.43. The first-order valence-corrected chi connectivity index (χ1v) is 11.0. The predicted molar refractivity (Wildman–Crippen MR) is 125 cm³/mol. The lowest BCUT2D eigenvalue weighted by molar-refractivity contribution is -0.136. The molecule has 4 aromatic rings. The van der Waals surface area contributed by atoms with E-state index in [1.54, 1.807) is 0 Å². The maximum atomic E-state index is 11.0. The number of rotatable bonds is 9. The number of carbonyl (C=O) groups is 1. The van der Waals surface area contributed by atoms with Crippen molar-refractivity contribution in [3.05, 3.63) is 83.2 Å². The lowest BCUT2D eigenvalue weighted by Crippen LogP contribution is -2.03. The standard InChI is InChI=1S/C27H27NO4/c1-3-19-10-12-21(13-11-19)27-28-24(18(2)32-27)16-17-31-25-9-5-7-22-20(14-15-26(29)30)6-4-8-23(22)25/h4-13H,3,14-17H2,1-2H3,(H,29,30). The highest BCUT2D eigenvalue weighted by Gasteiger charge is 2.13. The van der Waals surface area contributed by atoms with E-state index in [2.05, 4.69) is 24.0 Å². The zero-order chi connectivity index (χ0) is 22.5. The number of carboxylic acid groups (broad SMARTS) is 1. The summed E-state index contributed by atoms with van der Waals surface area (Å²) in [6, 6.07) is 20.1. The molecule has 5 nitrogen and oxygen atoms in total. The van der Waals surface area contributed by atoms with Crippen LogP contribution in [0.3, 0.4) is 0 Å². The van der Waals surface area contributed by atoms with Gasteiger partial charge in [-0.2, -0.15) is 0 Å². The first-order chi connectivity index (χ1) is 15.5. The molecule has 3 aromatic carbocycles. The molecule has 0 aliphatic heterocycles. The SMILES string of the molecule is CCc1ccc(-c2nc(CCOc3cccc4c(CCC(=O)O)cccc34)c(C)o2)cc1. The van der Waals surface area contributed by atoms with Gasteiger partial charge in [0.25, 0.3) is 0 Å². The summed E-state index contributed by atoms with van der Waals surface area (Å²) in [5.41, 5.74) is 4.16. The van der Waals surface area contributed by atoms with Gasteiger partial charge in [-0.1, -0.05) is 49.4 Å². The molecule has 1 heterocycles. The van der Waals surface area contributed by atoms with Crippen LogP contribution < -0.4 is 4.74 Å². The molecule has 0 fully saturated rings. The lowest BCUT2D eigenvalue weighted by Gasteiger charge is -2.11. The Bertz CT molecular complexity index is 1220. The van der Waals surface area contributed by atoms with Crippen molar-refractivity contribution in [1.82, 2.24) is 4.98 Å². The third-order valence-corrected chi connectivity index (χ3v) is 5.68. The Kier molecular flexibility index (Phi) is 6.55. The van der Waals surface area contributed by atoms with Crippen LogP contribution in [0.5, 0.6) is 5.75 Å². The van der Waals surface area contributed by atoms with E-state index in [-0.39, 0.29) is 6.42 Å². The van der Waals surface area contributed by atoms with Gasteiger partial charge in [0, 0.05) is 23.8 Å². The summed E-state index contributed by atoms with van der Waals surface area (Å²) < 4.78 is 12.0. The molecule has 1 aromatic heterocycles. The zero-order valence-corrected chi connectivity index (χ0v) is 18.4. The second-order valence-electron chi connectivity index (χ2n) is 7.83. The Labute approximate surface area is 187 Å². The van der Waals surface area contributed by atoms with Gasteiger partial charge in [-0.25, -0.2) is 4.98 Å². The van der Waals surface area contributed by atoms with Crippen molar-refractivity contribution in [2.24, 2.45) is 0 Å². The Morgan fingerprint density at radius 3 is 2.50 bits per heavy atom. The van der Waals surface area contributed by atoms with Crippen molar-refractivity contribution in [1.29, 1.82) is 0 Å². The molecule has 0 saturated carbocycles. The van der Waals surface area contributed by atoms with Gasteiger partial charge >= 0.3 is 5.97 Å². The number of fused-ring (bicyclic) bond motifs is 1. The molecule has 0 bridgehead atoms. The van der Waals surface area contributed by atoms with Crippen LogP contribution in [-0.2, 0) is 24.1 Å². The quantitative estimate of drug-likeness (QED) is 0.353. The van der Waals surface area contributed by atoms with Gasteiger partial charge in [0.1, 0.15) is 11.5 Å².